The van der Waals surface area contributed by atoms with E-state index in [2.05, 4.69) is 295 Å². The molecule has 91 heavy (non-hydrogen) atoms. The Morgan fingerprint density at radius 3 is 1.76 bits per heavy atom. The molecule has 15 aromatic rings. The summed E-state index contributed by atoms with van der Waals surface area (Å²) in [6.07, 6.45) is 5.99. The van der Waals surface area contributed by atoms with Gasteiger partial charge in [0, 0.05) is 55.1 Å². The third-order valence-corrected chi connectivity index (χ3v) is 18.3. The number of hydrogen-bond donors (Lipinski definition) is 0. The van der Waals surface area contributed by atoms with E-state index in [9.17, 15) is 0 Å². The molecule has 1 aliphatic rings. The van der Waals surface area contributed by atoms with Gasteiger partial charge in [0.1, 0.15) is 17.0 Å². The van der Waals surface area contributed by atoms with Crippen LogP contribution in [0.5, 0.6) is 11.5 Å². The Balaban J connectivity index is 0.00000689. The summed E-state index contributed by atoms with van der Waals surface area (Å²) in [5.41, 5.74) is 24.4. The van der Waals surface area contributed by atoms with Gasteiger partial charge in [0.15, 0.2) is 0 Å². The first kappa shape index (κ1) is 57.6. The van der Waals surface area contributed by atoms with E-state index in [0.29, 0.717) is 11.5 Å². The number of furan rings is 1. The van der Waals surface area contributed by atoms with Gasteiger partial charge in [-0.3, -0.25) is 4.57 Å². The summed E-state index contributed by atoms with van der Waals surface area (Å²) in [4.78, 5) is 4.95. The van der Waals surface area contributed by atoms with Crippen molar-refractivity contribution < 1.29 is 34.8 Å². The van der Waals surface area contributed by atoms with Crippen LogP contribution in [0.1, 0.15) is 79.0 Å². The van der Waals surface area contributed by atoms with Gasteiger partial charge < -0.3 is 18.3 Å². The third kappa shape index (κ3) is 9.91. The van der Waals surface area contributed by atoms with Gasteiger partial charge in [-0.1, -0.05) is 219 Å². The van der Waals surface area contributed by atoms with Crippen LogP contribution in [0.25, 0.3) is 139 Å². The van der Waals surface area contributed by atoms with Gasteiger partial charge in [-0.05, 0) is 159 Å². The van der Waals surface area contributed by atoms with E-state index >= 15 is 0 Å². The van der Waals surface area contributed by atoms with E-state index in [1.54, 1.807) is 0 Å². The maximum absolute atomic E-state index is 6.95. The Morgan fingerprint density at radius 2 is 1.00 bits per heavy atom. The van der Waals surface area contributed by atoms with Crippen LogP contribution in [0.4, 0.5) is 0 Å². The molecule has 16 rings (SSSR count). The molecule has 0 radical (unpaired) electrons. The van der Waals surface area contributed by atoms with Crippen molar-refractivity contribution in [1.29, 1.82) is 0 Å². The van der Waals surface area contributed by atoms with E-state index in [-0.39, 0.29) is 37.3 Å². The minimum absolute atomic E-state index is 0. The number of hydrogen-bond acceptors (Lipinski definition) is 3. The van der Waals surface area contributed by atoms with Crippen LogP contribution in [0, 0.1) is 18.5 Å². The molecule has 0 amide bonds. The molecule has 1 aliphatic heterocycles. The molecule has 0 saturated heterocycles. The summed E-state index contributed by atoms with van der Waals surface area (Å²) >= 11 is 0. The normalized spacial score (nSPS) is 12.4. The van der Waals surface area contributed by atoms with Crippen LogP contribution in [0.2, 0.25) is 0 Å². The molecule has 0 saturated carbocycles. The molecule has 5 heterocycles. The maximum Gasteiger partial charge on any atom is 0.268 e. The fourth-order valence-corrected chi connectivity index (χ4v) is 13.5. The molecular formula is C84H66N4O2Pt-2. The SMILES string of the molecule is CC(C)(C)c1ccc(-c2ccc3c(c2)-c2cccc(-c4ccc(C(C)(C)C)cc4)c2-[n+]2[c-]n(-c4[c-]c(Oc5[c-]c6c(cc5)c5ccccc5n6-c5cc(C(C)(C)C)ccn5)ccc4)c4cc(-c5ccc6oc7ccccc7c6c5)cc(c42)-c2ccccc2-3)cc1.[Pt]. The van der Waals surface area contributed by atoms with Crippen LogP contribution in [-0.4, -0.2) is 14.1 Å². The zero-order chi connectivity index (χ0) is 61.4. The average Bonchev–Trinajstić information content (AvgIpc) is 1.60. The molecule has 0 bridgehead atoms. The summed E-state index contributed by atoms with van der Waals surface area (Å²) < 4.78 is 20.1. The standard InChI is InChI=1S/C84H66N4O2.Pt/c1-82(2,3)57-34-28-52(29-35-57)54-32-39-66-64-20-10-11-21-65(64)73-46-56(55-33-41-78-72(45-55)69-23-13-15-27-77(69)90-78)47-76-81(73)87(80-63(24-17-25-70(80)71(66)44-54)53-30-36-58(37-31-53)83(4,5)6)51-86(76)60-18-16-19-61(49-60)89-62-38-40-68-67-22-12-14-26-74(67)88(75(68)50-62)79-48-59(42-43-85-79)84(7,8)9;/h10-48H,1-9H3;/q-2;. The van der Waals surface area contributed by atoms with Gasteiger partial charge in [0.05, 0.1) is 16.7 Å². The monoisotopic (exact) mass is 1360 g/mol. The second-order valence-corrected chi connectivity index (χ2v) is 27.2. The molecule has 0 unspecified atom stereocenters. The number of benzene rings is 11. The number of aromatic nitrogens is 4. The zero-order valence-corrected chi connectivity index (χ0v) is 54.7. The quantitative estimate of drug-likeness (QED) is 0.118. The van der Waals surface area contributed by atoms with Crippen molar-refractivity contribution in [1.82, 2.24) is 14.1 Å². The van der Waals surface area contributed by atoms with Gasteiger partial charge in [0.2, 0.25) is 0 Å². The van der Waals surface area contributed by atoms with Gasteiger partial charge >= 0.3 is 0 Å². The van der Waals surface area contributed by atoms with Crippen molar-refractivity contribution in [3.8, 4) is 95.5 Å². The summed E-state index contributed by atoms with van der Waals surface area (Å²) in [5.74, 6) is 1.94. The van der Waals surface area contributed by atoms with Crippen molar-refractivity contribution >= 4 is 54.8 Å². The number of rotatable bonds is 7. The molecule has 0 atom stereocenters. The van der Waals surface area contributed by atoms with Crippen LogP contribution in [0.3, 0.4) is 0 Å². The Labute approximate surface area is 546 Å². The first-order chi connectivity index (χ1) is 43.5. The first-order valence-electron chi connectivity index (χ1n) is 31.2. The van der Waals surface area contributed by atoms with Crippen molar-refractivity contribution in [3.05, 3.63) is 272 Å². The minimum atomic E-state index is -0.0661. The molecular weight excluding hydrogens is 1290 g/mol. The molecule has 11 aromatic carbocycles. The largest absolute Gasteiger partial charge is 0.510 e. The van der Waals surface area contributed by atoms with Crippen molar-refractivity contribution in [2.75, 3.05) is 0 Å². The Hall–Kier alpha value is -9.87. The average molecular weight is 1360 g/mol. The zero-order valence-electron chi connectivity index (χ0n) is 52.4. The Morgan fingerprint density at radius 1 is 0.407 bits per heavy atom. The predicted molar refractivity (Wildman–Crippen MR) is 370 cm³/mol. The van der Waals surface area contributed by atoms with E-state index in [0.717, 1.165) is 139 Å². The van der Waals surface area contributed by atoms with Crippen LogP contribution in [0.15, 0.2) is 241 Å². The van der Waals surface area contributed by atoms with E-state index in [1.165, 1.54) is 16.7 Å². The van der Waals surface area contributed by atoms with Gasteiger partial charge in [0.25, 0.3) is 6.33 Å². The number of pyridine rings is 1. The predicted octanol–water partition coefficient (Wildman–Crippen LogP) is 21.7. The molecule has 446 valence electrons. The van der Waals surface area contributed by atoms with Gasteiger partial charge in [-0.15, -0.1) is 29.7 Å². The van der Waals surface area contributed by atoms with E-state index < -0.39 is 0 Å². The minimum Gasteiger partial charge on any atom is -0.510 e. The molecule has 0 N–H and O–H groups in total. The van der Waals surface area contributed by atoms with Gasteiger partial charge in [-0.25, -0.2) is 4.98 Å². The number of nitrogens with zero attached hydrogens (tertiary/aromatic N) is 4. The smallest absolute Gasteiger partial charge is 0.268 e. The summed E-state index contributed by atoms with van der Waals surface area (Å²) in [6.45, 7) is 20.3. The molecule has 0 aliphatic carbocycles. The molecule has 0 fully saturated rings. The second-order valence-electron chi connectivity index (χ2n) is 27.2. The maximum atomic E-state index is 6.95. The Bertz CT molecular complexity index is 5390. The third-order valence-electron chi connectivity index (χ3n) is 18.3. The fraction of sp³-hybridized carbons (Fsp3) is 0.143. The van der Waals surface area contributed by atoms with Crippen molar-refractivity contribution in [2.45, 2.75) is 78.6 Å². The van der Waals surface area contributed by atoms with E-state index in [1.807, 2.05) is 36.5 Å². The summed E-state index contributed by atoms with van der Waals surface area (Å²) in [7, 11) is 0. The molecule has 6 nitrogen and oxygen atoms in total. The number of ether oxygens (including phenoxy) is 1. The fourth-order valence-electron chi connectivity index (χ4n) is 13.5. The number of para-hydroxylation sites is 3. The van der Waals surface area contributed by atoms with Gasteiger partial charge in [-0.2, -0.15) is 18.2 Å². The van der Waals surface area contributed by atoms with Crippen LogP contribution >= 0.6 is 0 Å². The topological polar surface area (TPSA) is 49.0 Å². The van der Waals surface area contributed by atoms with E-state index in [4.69, 9.17) is 14.1 Å². The summed E-state index contributed by atoms with van der Waals surface area (Å²) in [6, 6.07) is 91.2. The Kier molecular flexibility index (Phi) is 13.7. The molecule has 7 heteroatoms. The first-order valence-corrected chi connectivity index (χ1v) is 31.2. The number of imidazole rings is 1. The van der Waals surface area contributed by atoms with Crippen LogP contribution < -0.4 is 9.30 Å². The molecule has 0 spiro atoms. The van der Waals surface area contributed by atoms with Crippen molar-refractivity contribution in [2.24, 2.45) is 0 Å². The summed E-state index contributed by atoms with van der Waals surface area (Å²) in [5, 5.41) is 4.34. The molecule has 4 aromatic heterocycles. The van der Waals surface area contributed by atoms with Crippen LogP contribution in [-0.2, 0) is 37.3 Å². The van der Waals surface area contributed by atoms with Crippen molar-refractivity contribution in [3.63, 3.8) is 0 Å². The number of fused-ring (bicyclic) bond motifs is 13. The second kappa shape index (κ2) is 21.7.